The Labute approximate surface area is 193 Å². The summed E-state index contributed by atoms with van der Waals surface area (Å²) in [6, 6.07) is 16.7. The number of hydrogen-bond acceptors (Lipinski definition) is 4. The lowest BCUT2D eigenvalue weighted by molar-refractivity contribution is -0.134. The number of rotatable bonds is 6. The van der Waals surface area contributed by atoms with Gasteiger partial charge in [0.1, 0.15) is 12.4 Å². The molecule has 0 atom stereocenters. The molecule has 1 aliphatic carbocycles. The number of ether oxygens (including phenoxy) is 2. The van der Waals surface area contributed by atoms with Crippen molar-refractivity contribution in [1.29, 1.82) is 0 Å². The minimum atomic E-state index is -1.34. The monoisotopic (exact) mass is 467 g/mol. The lowest BCUT2D eigenvalue weighted by Gasteiger charge is -2.16. The molecule has 0 bridgehead atoms. The first-order valence-corrected chi connectivity index (χ1v) is 10.4. The van der Waals surface area contributed by atoms with Gasteiger partial charge in [0.2, 0.25) is 0 Å². The first kappa shape index (κ1) is 23.1. The molecule has 8 heteroatoms. The van der Waals surface area contributed by atoms with E-state index in [9.17, 15) is 22.8 Å². The average molecular weight is 467 g/mol. The summed E-state index contributed by atoms with van der Waals surface area (Å²) in [4.78, 5) is 24.3. The van der Waals surface area contributed by atoms with Gasteiger partial charge >= 0.3 is 12.1 Å². The Kier molecular flexibility index (Phi) is 6.67. The highest BCUT2D eigenvalue weighted by atomic mass is 19.2. The predicted octanol–water partition coefficient (Wildman–Crippen LogP) is 5.24. The zero-order valence-electron chi connectivity index (χ0n) is 18.1. The first-order chi connectivity index (χ1) is 16.4. The van der Waals surface area contributed by atoms with Gasteiger partial charge in [-0.05, 0) is 33.9 Å². The summed E-state index contributed by atoms with van der Waals surface area (Å²) in [6.07, 6.45) is -0.371. The van der Waals surface area contributed by atoms with Gasteiger partial charge in [-0.1, -0.05) is 48.5 Å². The number of nitrogens with one attached hydrogen (secondary N) is 1. The zero-order chi connectivity index (χ0) is 24.2. The van der Waals surface area contributed by atoms with Crippen LogP contribution in [-0.4, -0.2) is 25.8 Å². The molecule has 5 nitrogen and oxygen atoms in total. The molecule has 4 rings (SSSR count). The Balaban J connectivity index is 1.49. The van der Waals surface area contributed by atoms with E-state index >= 15 is 0 Å². The molecule has 3 aromatic rings. The lowest BCUT2D eigenvalue weighted by Crippen LogP contribution is -2.27. The molecule has 0 radical (unpaired) electrons. The fourth-order valence-corrected chi connectivity index (χ4v) is 4.00. The van der Waals surface area contributed by atoms with E-state index in [0.717, 1.165) is 35.4 Å². The van der Waals surface area contributed by atoms with Gasteiger partial charge in [0.25, 0.3) is 0 Å². The van der Waals surface area contributed by atoms with Crippen LogP contribution in [0.3, 0.4) is 0 Å². The summed E-state index contributed by atoms with van der Waals surface area (Å²) >= 11 is 0. The van der Waals surface area contributed by atoms with Crippen molar-refractivity contribution in [3.05, 3.63) is 107 Å². The van der Waals surface area contributed by atoms with Crippen molar-refractivity contribution in [2.75, 3.05) is 13.7 Å². The largest absolute Gasteiger partial charge is 0.466 e. The Bertz CT molecular complexity index is 1240. The fourth-order valence-electron chi connectivity index (χ4n) is 4.00. The van der Waals surface area contributed by atoms with Crippen LogP contribution in [0, 0.1) is 17.5 Å². The maximum absolute atomic E-state index is 14.1. The molecular weight excluding hydrogens is 447 g/mol. The van der Waals surface area contributed by atoms with Gasteiger partial charge in [-0.2, -0.15) is 0 Å². The van der Waals surface area contributed by atoms with Crippen molar-refractivity contribution in [3.8, 4) is 11.1 Å². The van der Waals surface area contributed by atoms with E-state index in [1.165, 1.54) is 0 Å². The standard InChI is InChI=1S/C26H20F3NO4/c1-33-25(31)12-16(10-15-11-23(28)24(29)13-22(15)27)30-26(32)34-14-21-19-8-4-2-6-17(19)18-7-3-5-9-20(18)21/h2-9,11-13,21H,10,14H2,1H3,(H,30,32)/b16-12-. The topological polar surface area (TPSA) is 64.6 Å². The molecule has 1 amide bonds. The van der Waals surface area contributed by atoms with E-state index in [1.54, 1.807) is 0 Å². The smallest absolute Gasteiger partial charge is 0.411 e. The summed E-state index contributed by atoms with van der Waals surface area (Å²) in [6.45, 7) is 0.0188. The maximum atomic E-state index is 14.1. The van der Waals surface area contributed by atoms with Crippen LogP contribution < -0.4 is 5.32 Å². The summed E-state index contributed by atoms with van der Waals surface area (Å²) in [5.74, 6) is -4.63. The van der Waals surface area contributed by atoms with Gasteiger partial charge in [-0.3, -0.25) is 5.32 Å². The van der Waals surface area contributed by atoms with Gasteiger partial charge in [0.15, 0.2) is 11.6 Å². The van der Waals surface area contributed by atoms with Crippen LogP contribution in [0.2, 0.25) is 0 Å². The number of alkyl carbamates (subject to hydrolysis) is 1. The summed E-state index contributed by atoms with van der Waals surface area (Å²) in [5.41, 5.74) is 3.80. The summed E-state index contributed by atoms with van der Waals surface area (Å²) in [5, 5.41) is 2.38. The highest BCUT2D eigenvalue weighted by Gasteiger charge is 2.29. The molecule has 0 aliphatic heterocycles. The number of carbonyl (C=O) groups excluding carboxylic acids is 2. The summed E-state index contributed by atoms with van der Waals surface area (Å²) in [7, 11) is 1.13. The summed E-state index contributed by atoms with van der Waals surface area (Å²) < 4.78 is 50.9. The maximum Gasteiger partial charge on any atom is 0.411 e. The molecule has 0 unspecified atom stereocenters. The second kappa shape index (κ2) is 9.82. The van der Waals surface area contributed by atoms with Crippen molar-refractivity contribution in [2.45, 2.75) is 12.3 Å². The molecule has 0 saturated carbocycles. The van der Waals surface area contributed by atoms with E-state index in [-0.39, 0.29) is 23.8 Å². The van der Waals surface area contributed by atoms with Crippen LogP contribution >= 0.6 is 0 Å². The van der Waals surface area contributed by atoms with Gasteiger partial charge < -0.3 is 9.47 Å². The quantitative estimate of drug-likeness (QED) is 0.306. The molecule has 0 saturated heterocycles. The SMILES string of the molecule is COC(=O)/C=C(/Cc1cc(F)c(F)cc1F)NC(=O)OCC1c2ccccc2-c2ccccc21. The number of fused-ring (bicyclic) bond motifs is 3. The number of halogens is 3. The molecular formula is C26H20F3NO4. The minimum absolute atomic E-state index is 0.0188. The van der Waals surface area contributed by atoms with Crippen LogP contribution in [0.4, 0.5) is 18.0 Å². The molecule has 3 aromatic carbocycles. The molecule has 0 spiro atoms. The normalized spacial score (nSPS) is 12.6. The second-order valence-corrected chi connectivity index (χ2v) is 7.68. The first-order valence-electron chi connectivity index (χ1n) is 10.4. The second-order valence-electron chi connectivity index (χ2n) is 7.68. The number of methoxy groups -OCH3 is 1. The van der Waals surface area contributed by atoms with Gasteiger partial charge in [0, 0.05) is 30.2 Å². The molecule has 34 heavy (non-hydrogen) atoms. The van der Waals surface area contributed by atoms with E-state index in [4.69, 9.17) is 4.74 Å². The Morgan fingerprint density at radius 3 is 2.12 bits per heavy atom. The minimum Gasteiger partial charge on any atom is -0.466 e. The fraction of sp³-hybridized carbons (Fsp3) is 0.154. The number of benzene rings is 3. The van der Waals surface area contributed by atoms with Gasteiger partial charge in [-0.25, -0.2) is 22.8 Å². The van der Waals surface area contributed by atoms with Crippen molar-refractivity contribution < 1.29 is 32.2 Å². The third-order valence-corrected chi connectivity index (χ3v) is 5.57. The van der Waals surface area contributed by atoms with E-state index in [2.05, 4.69) is 10.1 Å². The highest BCUT2D eigenvalue weighted by molar-refractivity contribution is 5.84. The molecule has 174 valence electrons. The Hall–Kier alpha value is -4.07. The van der Waals surface area contributed by atoms with E-state index in [0.29, 0.717) is 12.1 Å². The van der Waals surface area contributed by atoms with Crippen LogP contribution in [0.1, 0.15) is 22.6 Å². The lowest BCUT2D eigenvalue weighted by atomic mass is 9.98. The zero-order valence-corrected chi connectivity index (χ0v) is 18.1. The number of amides is 1. The van der Waals surface area contributed by atoms with Gasteiger partial charge in [0.05, 0.1) is 7.11 Å². The van der Waals surface area contributed by atoms with E-state index in [1.807, 2.05) is 48.5 Å². The van der Waals surface area contributed by atoms with Crippen LogP contribution in [0.5, 0.6) is 0 Å². The predicted molar refractivity (Wildman–Crippen MR) is 118 cm³/mol. The molecule has 0 aromatic heterocycles. The number of hydrogen-bond donors (Lipinski definition) is 1. The number of carbonyl (C=O) groups is 2. The Morgan fingerprint density at radius 1 is 0.912 bits per heavy atom. The third kappa shape index (κ3) is 4.80. The van der Waals surface area contributed by atoms with Crippen molar-refractivity contribution in [2.24, 2.45) is 0 Å². The molecule has 1 N–H and O–H groups in total. The third-order valence-electron chi connectivity index (χ3n) is 5.57. The van der Waals surface area contributed by atoms with Crippen LogP contribution in [0.15, 0.2) is 72.4 Å². The van der Waals surface area contributed by atoms with Crippen LogP contribution in [0.25, 0.3) is 11.1 Å². The van der Waals surface area contributed by atoms with Crippen LogP contribution in [-0.2, 0) is 20.7 Å². The highest BCUT2D eigenvalue weighted by Crippen LogP contribution is 2.44. The number of esters is 1. The molecule has 0 fully saturated rings. The van der Waals surface area contributed by atoms with E-state index < -0.39 is 35.9 Å². The molecule has 0 heterocycles. The van der Waals surface area contributed by atoms with Crippen molar-refractivity contribution in [3.63, 3.8) is 0 Å². The number of allylic oxidation sites excluding steroid dienone is 1. The van der Waals surface area contributed by atoms with Gasteiger partial charge in [-0.15, -0.1) is 0 Å². The average Bonchev–Trinajstić information content (AvgIpc) is 3.14. The van der Waals surface area contributed by atoms with Crippen molar-refractivity contribution >= 4 is 12.1 Å². The molecule has 1 aliphatic rings. The Morgan fingerprint density at radius 2 is 1.50 bits per heavy atom. The van der Waals surface area contributed by atoms with Crippen molar-refractivity contribution in [1.82, 2.24) is 5.32 Å².